The summed E-state index contributed by atoms with van der Waals surface area (Å²) in [5.74, 6) is 0.999. The monoisotopic (exact) mass is 203 g/mol. The Morgan fingerprint density at radius 3 is 2.38 bits per heavy atom. The molecule has 0 atom stereocenters. The molecular weight excluding hydrogens is 194 g/mol. The lowest BCUT2D eigenvalue weighted by molar-refractivity contribution is 0.151. The zero-order valence-electron chi connectivity index (χ0n) is 7.44. The first-order valence-electron chi connectivity index (χ1n) is 3.90. The van der Waals surface area contributed by atoms with Gasteiger partial charge in [0.1, 0.15) is 0 Å². The van der Waals surface area contributed by atoms with E-state index >= 15 is 0 Å². The van der Waals surface area contributed by atoms with E-state index < -0.39 is 6.43 Å². The van der Waals surface area contributed by atoms with Crippen molar-refractivity contribution in [1.29, 1.82) is 0 Å². The Morgan fingerprint density at radius 1 is 1.31 bits per heavy atom. The quantitative estimate of drug-likeness (QED) is 0.675. The Bertz CT molecular complexity index is 295. The van der Waals surface area contributed by atoms with Crippen LogP contribution in [0.4, 0.5) is 8.78 Å². The van der Waals surface area contributed by atoms with Gasteiger partial charge in [-0.1, -0.05) is 31.5 Å². The maximum Gasteiger partial charge on any atom is 0.265 e. The van der Waals surface area contributed by atoms with Crippen LogP contribution in [0.15, 0.2) is 18.2 Å². The van der Waals surface area contributed by atoms with Crippen molar-refractivity contribution >= 4 is 11.6 Å². The summed E-state index contributed by atoms with van der Waals surface area (Å²) in [6.45, 7) is 3.75. The van der Waals surface area contributed by atoms with Crippen molar-refractivity contribution in [3.63, 3.8) is 0 Å². The topological polar surface area (TPSA) is 0 Å². The van der Waals surface area contributed by atoms with E-state index in [9.17, 15) is 8.78 Å². The van der Waals surface area contributed by atoms with Gasteiger partial charge in [0, 0.05) is 10.6 Å². The van der Waals surface area contributed by atoms with Crippen LogP contribution in [-0.4, -0.2) is 0 Å². The van der Waals surface area contributed by atoms with Gasteiger partial charge in [-0.15, -0.1) is 0 Å². The Morgan fingerprint density at radius 2 is 1.92 bits per heavy atom. The van der Waals surface area contributed by atoms with Crippen LogP contribution >= 0.6 is 11.6 Å². The van der Waals surface area contributed by atoms with Crippen LogP contribution < -0.4 is 0 Å². The minimum Gasteiger partial charge on any atom is -0.205 e. The molecule has 0 aliphatic rings. The molecule has 0 bridgehead atoms. The van der Waals surface area contributed by atoms with Crippen LogP contribution in [0.5, 0.6) is 0 Å². The number of alkyl halides is 2. The van der Waals surface area contributed by atoms with Gasteiger partial charge < -0.3 is 0 Å². The number of benzene rings is 1. The minimum absolute atomic E-state index is 0.0969. The molecule has 0 nitrogen and oxygen atoms in total. The van der Waals surface area contributed by atoms with Gasteiger partial charge in [0.15, 0.2) is 0 Å². The smallest absolute Gasteiger partial charge is 0.205 e. The zero-order valence-corrected chi connectivity index (χ0v) is 8.20. The summed E-state index contributed by atoms with van der Waals surface area (Å²) in [5, 5.41) is 0.125. The molecule has 0 fully saturated rings. The molecule has 0 saturated carbocycles. The first-order chi connectivity index (χ1) is 6.02. The minimum atomic E-state index is -2.51. The Balaban J connectivity index is 3.11. The summed E-state index contributed by atoms with van der Waals surface area (Å²) in [6.07, 6.45) is -2.51. The molecule has 0 aliphatic heterocycles. The molecule has 1 aromatic rings. The van der Waals surface area contributed by atoms with Gasteiger partial charge in [-0.05, 0) is 23.6 Å². The first-order valence-corrected chi connectivity index (χ1v) is 4.28. The Kier molecular flexibility index (Phi) is 3.26. The SMILES string of the molecule is C[C](C)c1ccc(Cl)c(C(F)F)c1. The lowest BCUT2D eigenvalue weighted by atomic mass is 10.0. The fourth-order valence-corrected chi connectivity index (χ4v) is 1.22. The van der Waals surface area contributed by atoms with E-state index in [1.54, 1.807) is 6.07 Å². The molecule has 3 heteroatoms. The second-order valence-corrected chi connectivity index (χ2v) is 3.44. The van der Waals surface area contributed by atoms with Crippen LogP contribution in [0.1, 0.15) is 31.4 Å². The van der Waals surface area contributed by atoms with Gasteiger partial charge in [-0.3, -0.25) is 0 Å². The van der Waals surface area contributed by atoms with Crippen LogP contribution in [0.2, 0.25) is 5.02 Å². The molecule has 1 aromatic carbocycles. The maximum atomic E-state index is 12.4. The highest BCUT2D eigenvalue weighted by molar-refractivity contribution is 6.31. The van der Waals surface area contributed by atoms with Crippen molar-refractivity contribution in [3.05, 3.63) is 40.3 Å². The average molecular weight is 204 g/mol. The maximum absolute atomic E-state index is 12.4. The highest BCUT2D eigenvalue weighted by Gasteiger charge is 2.13. The van der Waals surface area contributed by atoms with Crippen molar-refractivity contribution in [1.82, 2.24) is 0 Å². The highest BCUT2D eigenvalue weighted by Crippen LogP contribution is 2.29. The highest BCUT2D eigenvalue weighted by atomic mass is 35.5. The van der Waals surface area contributed by atoms with Gasteiger partial charge in [-0.2, -0.15) is 0 Å². The van der Waals surface area contributed by atoms with Crippen molar-refractivity contribution in [3.8, 4) is 0 Å². The predicted octanol–water partition coefficient (Wildman–Crippen LogP) is 4.24. The van der Waals surface area contributed by atoms with Gasteiger partial charge in [-0.25, -0.2) is 8.78 Å². The molecule has 0 heterocycles. The predicted molar refractivity (Wildman–Crippen MR) is 50.1 cm³/mol. The molecule has 0 unspecified atom stereocenters. The molecule has 0 N–H and O–H groups in total. The van der Waals surface area contributed by atoms with Gasteiger partial charge >= 0.3 is 0 Å². The van der Waals surface area contributed by atoms with Crippen molar-refractivity contribution in [2.45, 2.75) is 20.3 Å². The summed E-state index contributed by atoms with van der Waals surface area (Å²) < 4.78 is 24.8. The molecule has 0 saturated heterocycles. The standard InChI is InChI=1S/C10H10ClF2/c1-6(2)7-3-4-9(11)8(5-7)10(12)13/h3-5,10H,1-2H3. The molecule has 1 radical (unpaired) electrons. The second kappa shape index (κ2) is 4.05. The Hall–Kier alpha value is -0.630. The third kappa shape index (κ3) is 2.41. The lowest BCUT2D eigenvalue weighted by Crippen LogP contribution is -1.92. The molecule has 71 valence electrons. The van der Waals surface area contributed by atoms with Crippen molar-refractivity contribution < 1.29 is 8.78 Å². The molecular formula is C10H10ClF2. The fourth-order valence-electron chi connectivity index (χ4n) is 1.02. The van der Waals surface area contributed by atoms with Crippen molar-refractivity contribution in [2.24, 2.45) is 0 Å². The van der Waals surface area contributed by atoms with E-state index in [0.29, 0.717) is 0 Å². The normalized spacial score (nSPS) is 11.3. The number of hydrogen-bond donors (Lipinski definition) is 0. The summed E-state index contributed by atoms with van der Waals surface area (Å²) in [7, 11) is 0. The molecule has 0 aromatic heterocycles. The fraction of sp³-hybridized carbons (Fsp3) is 0.300. The van der Waals surface area contributed by atoms with Gasteiger partial charge in [0.25, 0.3) is 6.43 Å². The number of rotatable bonds is 2. The van der Waals surface area contributed by atoms with Crippen LogP contribution in [-0.2, 0) is 0 Å². The summed E-state index contributed by atoms with van der Waals surface area (Å²) in [4.78, 5) is 0. The molecule has 0 aliphatic carbocycles. The molecule has 0 spiro atoms. The third-order valence-electron chi connectivity index (χ3n) is 1.81. The van der Waals surface area contributed by atoms with Crippen LogP contribution in [0.3, 0.4) is 0 Å². The number of hydrogen-bond acceptors (Lipinski definition) is 0. The largest absolute Gasteiger partial charge is 0.265 e. The van der Waals surface area contributed by atoms with E-state index in [1.165, 1.54) is 12.1 Å². The van der Waals surface area contributed by atoms with Crippen LogP contribution in [0, 0.1) is 5.92 Å². The van der Waals surface area contributed by atoms with E-state index in [1.807, 2.05) is 13.8 Å². The van der Waals surface area contributed by atoms with Gasteiger partial charge in [0.2, 0.25) is 0 Å². The third-order valence-corrected chi connectivity index (χ3v) is 2.15. The summed E-state index contributed by atoms with van der Waals surface area (Å²) in [6, 6.07) is 4.68. The summed E-state index contributed by atoms with van der Waals surface area (Å²) in [5.41, 5.74) is 0.708. The second-order valence-electron chi connectivity index (χ2n) is 3.04. The van der Waals surface area contributed by atoms with Crippen molar-refractivity contribution in [2.75, 3.05) is 0 Å². The van der Waals surface area contributed by atoms with Crippen LogP contribution in [0.25, 0.3) is 0 Å². The average Bonchev–Trinajstić information content (AvgIpc) is 2.04. The lowest BCUT2D eigenvalue weighted by Gasteiger charge is -2.08. The summed E-state index contributed by atoms with van der Waals surface area (Å²) >= 11 is 5.61. The first kappa shape index (κ1) is 10.5. The Labute approximate surface area is 81.5 Å². The molecule has 1 rings (SSSR count). The molecule has 0 amide bonds. The van der Waals surface area contributed by atoms with Gasteiger partial charge in [0.05, 0.1) is 0 Å². The van der Waals surface area contributed by atoms with E-state index in [-0.39, 0.29) is 10.6 Å². The van der Waals surface area contributed by atoms with E-state index in [0.717, 1.165) is 11.5 Å². The van der Waals surface area contributed by atoms with E-state index in [2.05, 4.69) is 0 Å². The van der Waals surface area contributed by atoms with E-state index in [4.69, 9.17) is 11.6 Å². The molecule has 13 heavy (non-hydrogen) atoms. The zero-order chi connectivity index (χ0) is 10.0. The number of halogens is 3.